The molecule has 0 aliphatic carbocycles. The van der Waals surface area contributed by atoms with Gasteiger partial charge in [-0.2, -0.15) is 0 Å². The molecule has 0 aliphatic rings. The molecule has 1 aromatic rings. The molecule has 1 heterocycles. The standard InChI is InChI=1S/C15H24N4O2.2ClH/c1-4-12(11-5-7-17-8-6-11)19-13(20)9-18-15(21)14(16)10(2)3;;/h5-8,10,12,14H,4,9,16H2,1-3H3,(H,18,21)(H,19,20);2*1H/t12?,14-;;/m0../s1. The summed E-state index contributed by atoms with van der Waals surface area (Å²) < 4.78 is 0. The van der Waals surface area contributed by atoms with Crippen LogP contribution in [-0.2, 0) is 9.59 Å². The Bertz CT molecular complexity index is 472. The number of aromatic nitrogens is 1. The maximum absolute atomic E-state index is 11.9. The Morgan fingerprint density at radius 1 is 1.22 bits per heavy atom. The highest BCUT2D eigenvalue weighted by Gasteiger charge is 2.18. The number of carbonyl (C=O) groups excluding carboxylic acids is 2. The van der Waals surface area contributed by atoms with E-state index in [9.17, 15) is 9.59 Å². The van der Waals surface area contributed by atoms with Gasteiger partial charge in [0.15, 0.2) is 0 Å². The Morgan fingerprint density at radius 2 is 1.78 bits per heavy atom. The first-order valence-electron chi connectivity index (χ1n) is 7.18. The van der Waals surface area contributed by atoms with Gasteiger partial charge in [-0.3, -0.25) is 14.6 Å². The van der Waals surface area contributed by atoms with Crippen LogP contribution < -0.4 is 16.4 Å². The Morgan fingerprint density at radius 3 is 2.26 bits per heavy atom. The third kappa shape index (κ3) is 8.16. The molecule has 0 spiro atoms. The molecule has 0 saturated carbocycles. The molecule has 0 saturated heterocycles. The highest BCUT2D eigenvalue weighted by Crippen LogP contribution is 2.14. The molecule has 23 heavy (non-hydrogen) atoms. The lowest BCUT2D eigenvalue weighted by atomic mass is 10.1. The van der Waals surface area contributed by atoms with Crippen LogP contribution in [-0.4, -0.2) is 29.4 Å². The summed E-state index contributed by atoms with van der Waals surface area (Å²) >= 11 is 0. The number of carbonyl (C=O) groups is 2. The van der Waals surface area contributed by atoms with Gasteiger partial charge in [0.25, 0.3) is 0 Å². The molecule has 0 aliphatic heterocycles. The van der Waals surface area contributed by atoms with Gasteiger partial charge in [0.05, 0.1) is 18.6 Å². The summed E-state index contributed by atoms with van der Waals surface area (Å²) in [5, 5.41) is 5.44. The third-order valence-corrected chi connectivity index (χ3v) is 3.30. The van der Waals surface area contributed by atoms with Crippen molar-refractivity contribution < 1.29 is 9.59 Å². The van der Waals surface area contributed by atoms with Crippen LogP contribution in [0.15, 0.2) is 24.5 Å². The fourth-order valence-corrected chi connectivity index (χ4v) is 1.85. The second-order valence-electron chi connectivity index (χ2n) is 5.30. The number of amides is 2. The van der Waals surface area contributed by atoms with E-state index in [1.165, 1.54) is 0 Å². The average molecular weight is 365 g/mol. The monoisotopic (exact) mass is 364 g/mol. The van der Waals surface area contributed by atoms with E-state index in [0.29, 0.717) is 0 Å². The van der Waals surface area contributed by atoms with Crippen molar-refractivity contribution in [3.8, 4) is 0 Å². The quantitative estimate of drug-likeness (QED) is 0.684. The first-order valence-corrected chi connectivity index (χ1v) is 7.18. The lowest BCUT2D eigenvalue weighted by Gasteiger charge is -2.19. The molecule has 132 valence electrons. The van der Waals surface area contributed by atoms with Gasteiger partial charge in [-0.05, 0) is 30.0 Å². The summed E-state index contributed by atoms with van der Waals surface area (Å²) in [6.45, 7) is 5.64. The smallest absolute Gasteiger partial charge is 0.239 e. The van der Waals surface area contributed by atoms with E-state index in [1.807, 2.05) is 32.9 Å². The molecule has 0 aromatic carbocycles. The molecule has 2 amide bonds. The van der Waals surface area contributed by atoms with Crippen molar-refractivity contribution in [1.29, 1.82) is 0 Å². The fraction of sp³-hybridized carbons (Fsp3) is 0.533. The van der Waals surface area contributed by atoms with Crippen molar-refractivity contribution in [2.45, 2.75) is 39.3 Å². The normalized spacial score (nSPS) is 12.4. The van der Waals surface area contributed by atoms with Crippen LogP contribution >= 0.6 is 24.8 Å². The molecular formula is C15H26Cl2N4O2. The van der Waals surface area contributed by atoms with Crippen molar-refractivity contribution in [3.05, 3.63) is 30.1 Å². The number of nitrogens with zero attached hydrogens (tertiary/aromatic N) is 1. The summed E-state index contributed by atoms with van der Waals surface area (Å²) in [6.07, 6.45) is 4.14. The first kappa shape index (κ1) is 23.9. The van der Waals surface area contributed by atoms with E-state index >= 15 is 0 Å². The van der Waals surface area contributed by atoms with Crippen LogP contribution in [0.2, 0.25) is 0 Å². The molecule has 2 atom stereocenters. The number of pyridine rings is 1. The van der Waals surface area contributed by atoms with Crippen molar-refractivity contribution in [3.63, 3.8) is 0 Å². The topological polar surface area (TPSA) is 97.1 Å². The van der Waals surface area contributed by atoms with Gasteiger partial charge in [-0.15, -0.1) is 24.8 Å². The van der Waals surface area contributed by atoms with Crippen LogP contribution in [0.4, 0.5) is 0 Å². The Kier molecular flexibility index (Phi) is 12.6. The highest BCUT2D eigenvalue weighted by atomic mass is 35.5. The number of hydrogen-bond donors (Lipinski definition) is 3. The van der Waals surface area contributed by atoms with Crippen LogP contribution in [0.25, 0.3) is 0 Å². The van der Waals surface area contributed by atoms with Crippen LogP contribution in [0.5, 0.6) is 0 Å². The van der Waals surface area contributed by atoms with Gasteiger partial charge in [-0.1, -0.05) is 20.8 Å². The van der Waals surface area contributed by atoms with Crippen LogP contribution in [0.3, 0.4) is 0 Å². The van der Waals surface area contributed by atoms with Gasteiger partial charge in [0, 0.05) is 12.4 Å². The van der Waals surface area contributed by atoms with Crippen LogP contribution in [0, 0.1) is 5.92 Å². The van der Waals surface area contributed by atoms with E-state index in [0.717, 1.165) is 12.0 Å². The predicted octanol–water partition coefficient (Wildman–Crippen LogP) is 1.59. The molecule has 1 rings (SSSR count). The zero-order valence-electron chi connectivity index (χ0n) is 13.6. The van der Waals surface area contributed by atoms with E-state index in [2.05, 4.69) is 15.6 Å². The second kappa shape index (κ2) is 12.1. The van der Waals surface area contributed by atoms with Crippen molar-refractivity contribution in [2.24, 2.45) is 11.7 Å². The SMILES string of the molecule is CCC(NC(=O)CNC(=O)[C@@H](N)C(C)C)c1ccncc1.Cl.Cl. The second-order valence-corrected chi connectivity index (χ2v) is 5.30. The van der Waals surface area contributed by atoms with Crippen LogP contribution in [0.1, 0.15) is 38.8 Å². The van der Waals surface area contributed by atoms with Gasteiger partial charge in [0.1, 0.15) is 0 Å². The zero-order valence-corrected chi connectivity index (χ0v) is 15.2. The maximum atomic E-state index is 11.9. The van der Waals surface area contributed by atoms with Crippen molar-refractivity contribution in [1.82, 2.24) is 15.6 Å². The van der Waals surface area contributed by atoms with E-state index in [4.69, 9.17) is 5.73 Å². The number of hydrogen-bond acceptors (Lipinski definition) is 4. The van der Waals surface area contributed by atoms with Crippen molar-refractivity contribution in [2.75, 3.05) is 6.54 Å². The summed E-state index contributed by atoms with van der Waals surface area (Å²) in [4.78, 5) is 27.5. The molecular weight excluding hydrogens is 339 g/mol. The van der Waals surface area contributed by atoms with Gasteiger partial charge in [-0.25, -0.2) is 0 Å². The van der Waals surface area contributed by atoms with E-state index < -0.39 is 6.04 Å². The van der Waals surface area contributed by atoms with Crippen molar-refractivity contribution >= 4 is 36.6 Å². The fourth-order valence-electron chi connectivity index (χ4n) is 1.85. The molecule has 1 unspecified atom stereocenters. The molecule has 4 N–H and O–H groups in total. The average Bonchev–Trinajstić information content (AvgIpc) is 2.50. The molecule has 1 aromatic heterocycles. The molecule has 0 bridgehead atoms. The largest absolute Gasteiger partial charge is 0.348 e. The van der Waals surface area contributed by atoms with Gasteiger partial charge in [0.2, 0.25) is 11.8 Å². The summed E-state index contributed by atoms with van der Waals surface area (Å²) in [7, 11) is 0. The maximum Gasteiger partial charge on any atom is 0.239 e. The summed E-state index contributed by atoms with van der Waals surface area (Å²) in [6, 6.07) is 3.04. The highest BCUT2D eigenvalue weighted by molar-refractivity contribution is 5.87. The minimum absolute atomic E-state index is 0. The molecule has 6 nitrogen and oxygen atoms in total. The molecule has 0 fully saturated rings. The van der Waals surface area contributed by atoms with E-state index in [-0.39, 0.29) is 55.1 Å². The number of halogens is 2. The lowest BCUT2D eigenvalue weighted by Crippen LogP contribution is -2.47. The number of rotatable bonds is 7. The third-order valence-electron chi connectivity index (χ3n) is 3.30. The minimum Gasteiger partial charge on any atom is -0.348 e. The Balaban J connectivity index is 0. The predicted molar refractivity (Wildman–Crippen MR) is 95.7 cm³/mol. The first-order chi connectivity index (χ1) is 9.95. The minimum atomic E-state index is -0.597. The van der Waals surface area contributed by atoms with Gasteiger partial charge >= 0.3 is 0 Å². The Hall–Kier alpha value is -1.37. The number of nitrogens with one attached hydrogen (secondary N) is 2. The molecule has 0 radical (unpaired) electrons. The lowest BCUT2D eigenvalue weighted by molar-refractivity contribution is -0.127. The zero-order chi connectivity index (χ0) is 15.8. The van der Waals surface area contributed by atoms with E-state index in [1.54, 1.807) is 12.4 Å². The van der Waals surface area contributed by atoms with Gasteiger partial charge < -0.3 is 16.4 Å². The summed E-state index contributed by atoms with van der Waals surface area (Å²) in [5.41, 5.74) is 6.71. The number of nitrogens with two attached hydrogens (primary N) is 1. The molecule has 8 heteroatoms. The Labute approximate surface area is 149 Å². The summed E-state index contributed by atoms with van der Waals surface area (Å²) in [5.74, 6) is -0.506.